The third-order valence-electron chi connectivity index (χ3n) is 2.12. The fourth-order valence-electron chi connectivity index (χ4n) is 1.27. The fourth-order valence-corrected chi connectivity index (χ4v) is 2.73. The molecule has 72 valence electrons. The largest absolute Gasteiger partial charge is 0.303 e. The van der Waals surface area contributed by atoms with E-state index in [1.807, 2.05) is 25.1 Å². The van der Waals surface area contributed by atoms with E-state index < -0.39 is 0 Å². The van der Waals surface area contributed by atoms with Crippen molar-refractivity contribution in [3.8, 4) is 0 Å². The highest BCUT2D eigenvalue weighted by atomic mass is 79.9. The van der Waals surface area contributed by atoms with Crippen LogP contribution in [0.25, 0.3) is 10.2 Å². The average Bonchev–Trinajstić information content (AvgIpc) is 2.55. The third-order valence-corrected chi connectivity index (χ3v) is 3.59. The number of nitrogens with zero attached hydrogens (tertiary/aromatic N) is 1. The molecule has 1 heterocycles. The maximum absolute atomic E-state index is 10.6. The van der Waals surface area contributed by atoms with Gasteiger partial charge in [0, 0.05) is 5.92 Å². The van der Waals surface area contributed by atoms with E-state index in [2.05, 4.69) is 20.9 Å². The van der Waals surface area contributed by atoms with Crippen molar-refractivity contribution in [2.24, 2.45) is 0 Å². The first-order valence-corrected chi connectivity index (χ1v) is 5.83. The average molecular weight is 270 g/mol. The van der Waals surface area contributed by atoms with Crippen LogP contribution >= 0.6 is 27.3 Å². The monoisotopic (exact) mass is 269 g/mol. The van der Waals surface area contributed by atoms with Crippen molar-refractivity contribution in [1.29, 1.82) is 0 Å². The number of thiazole rings is 1. The maximum Gasteiger partial charge on any atom is 0.160 e. The molecule has 1 aromatic carbocycles. The zero-order valence-corrected chi connectivity index (χ0v) is 9.93. The Labute approximate surface area is 94.1 Å². The van der Waals surface area contributed by atoms with E-state index in [1.54, 1.807) is 11.3 Å². The maximum atomic E-state index is 10.6. The fraction of sp³-hybridized carbons (Fsp3) is 0.200. The Kier molecular flexibility index (Phi) is 2.65. The molecule has 0 aliphatic rings. The molecule has 0 spiro atoms. The van der Waals surface area contributed by atoms with Gasteiger partial charge in [-0.2, -0.15) is 0 Å². The number of rotatable bonds is 2. The van der Waals surface area contributed by atoms with Gasteiger partial charge in [-0.3, -0.25) is 0 Å². The molecule has 0 amide bonds. The van der Waals surface area contributed by atoms with Crippen LogP contribution in [0, 0.1) is 0 Å². The van der Waals surface area contributed by atoms with Crippen molar-refractivity contribution in [2.75, 3.05) is 0 Å². The van der Waals surface area contributed by atoms with Crippen molar-refractivity contribution in [1.82, 2.24) is 4.98 Å². The van der Waals surface area contributed by atoms with Crippen LogP contribution < -0.4 is 0 Å². The summed E-state index contributed by atoms with van der Waals surface area (Å²) in [5.74, 6) is -0.0414. The summed E-state index contributed by atoms with van der Waals surface area (Å²) in [7, 11) is 0. The highest BCUT2D eigenvalue weighted by Crippen LogP contribution is 2.28. The number of aldehydes is 1. The number of hydrogen-bond acceptors (Lipinski definition) is 3. The smallest absolute Gasteiger partial charge is 0.160 e. The van der Waals surface area contributed by atoms with Gasteiger partial charge in [0.25, 0.3) is 0 Å². The molecule has 0 fully saturated rings. The number of fused-ring (bicyclic) bond motifs is 1. The lowest BCUT2D eigenvalue weighted by Gasteiger charge is -2.02. The van der Waals surface area contributed by atoms with E-state index in [1.165, 1.54) is 0 Å². The van der Waals surface area contributed by atoms with E-state index in [4.69, 9.17) is 0 Å². The molecule has 1 unspecified atom stereocenters. The Bertz CT molecular complexity index is 480. The number of aromatic nitrogens is 1. The molecular weight excluding hydrogens is 262 g/mol. The van der Waals surface area contributed by atoms with E-state index in [0.29, 0.717) is 0 Å². The molecule has 1 aromatic heterocycles. The van der Waals surface area contributed by atoms with E-state index in [0.717, 1.165) is 26.0 Å². The van der Waals surface area contributed by atoms with Gasteiger partial charge in [0.1, 0.15) is 6.29 Å². The lowest BCUT2D eigenvalue weighted by atomic mass is 10.0. The summed E-state index contributed by atoms with van der Waals surface area (Å²) in [5.41, 5.74) is 2.02. The Morgan fingerprint density at radius 2 is 2.36 bits per heavy atom. The second-order valence-corrected chi connectivity index (χ2v) is 5.43. The van der Waals surface area contributed by atoms with Gasteiger partial charge in [-0.1, -0.05) is 13.0 Å². The summed E-state index contributed by atoms with van der Waals surface area (Å²) in [6.07, 6.45) is 0.956. The van der Waals surface area contributed by atoms with Gasteiger partial charge >= 0.3 is 0 Å². The van der Waals surface area contributed by atoms with Crippen LogP contribution in [0.3, 0.4) is 0 Å². The Balaban J connectivity index is 2.55. The van der Waals surface area contributed by atoms with Crippen LogP contribution in [0.4, 0.5) is 0 Å². The number of carbonyl (C=O) groups excluding carboxylic acids is 1. The van der Waals surface area contributed by atoms with E-state index >= 15 is 0 Å². The van der Waals surface area contributed by atoms with Crippen molar-refractivity contribution in [3.63, 3.8) is 0 Å². The topological polar surface area (TPSA) is 30.0 Å². The predicted molar refractivity (Wildman–Crippen MR) is 61.8 cm³/mol. The van der Waals surface area contributed by atoms with Crippen LogP contribution in [-0.2, 0) is 4.79 Å². The van der Waals surface area contributed by atoms with Crippen molar-refractivity contribution >= 4 is 43.8 Å². The number of benzene rings is 1. The van der Waals surface area contributed by atoms with Gasteiger partial charge in [0.15, 0.2) is 3.92 Å². The molecule has 2 nitrogen and oxygen atoms in total. The molecule has 0 saturated heterocycles. The number of carbonyl (C=O) groups is 1. The SMILES string of the molecule is CC(C=O)c1ccc2nc(Br)sc2c1. The van der Waals surface area contributed by atoms with Crippen LogP contribution in [0.15, 0.2) is 22.1 Å². The molecule has 0 saturated carbocycles. The number of hydrogen-bond donors (Lipinski definition) is 0. The molecule has 0 N–H and O–H groups in total. The molecule has 0 bridgehead atoms. The Hall–Kier alpha value is -0.740. The van der Waals surface area contributed by atoms with Gasteiger partial charge in [-0.05, 0) is 33.6 Å². The van der Waals surface area contributed by atoms with Crippen LogP contribution in [0.5, 0.6) is 0 Å². The minimum Gasteiger partial charge on any atom is -0.303 e. The van der Waals surface area contributed by atoms with Gasteiger partial charge in [0.05, 0.1) is 10.2 Å². The molecular formula is C10H8BrNOS. The molecule has 1 atom stereocenters. The third kappa shape index (κ3) is 1.72. The minimum absolute atomic E-state index is 0.0414. The van der Waals surface area contributed by atoms with E-state index in [9.17, 15) is 4.79 Å². The first-order valence-electron chi connectivity index (χ1n) is 4.22. The highest BCUT2D eigenvalue weighted by Gasteiger charge is 2.06. The molecule has 2 rings (SSSR count). The zero-order valence-electron chi connectivity index (χ0n) is 7.53. The normalized spacial score (nSPS) is 13.0. The number of halogens is 1. The zero-order chi connectivity index (χ0) is 10.1. The van der Waals surface area contributed by atoms with Crippen molar-refractivity contribution < 1.29 is 4.79 Å². The lowest BCUT2D eigenvalue weighted by molar-refractivity contribution is -0.108. The standard InChI is InChI=1S/C10H8BrNOS/c1-6(5-13)7-2-3-8-9(4-7)14-10(11)12-8/h2-6H,1H3. The Morgan fingerprint density at radius 3 is 3.07 bits per heavy atom. The summed E-state index contributed by atoms with van der Waals surface area (Å²) in [5, 5.41) is 0. The summed E-state index contributed by atoms with van der Waals surface area (Å²) in [6.45, 7) is 1.89. The molecule has 0 aliphatic carbocycles. The first-order chi connectivity index (χ1) is 6.70. The highest BCUT2D eigenvalue weighted by molar-refractivity contribution is 9.11. The van der Waals surface area contributed by atoms with Crippen LogP contribution in [0.1, 0.15) is 18.4 Å². The van der Waals surface area contributed by atoms with Gasteiger partial charge in [0.2, 0.25) is 0 Å². The quantitative estimate of drug-likeness (QED) is 0.783. The predicted octanol–water partition coefficient (Wildman–Crippen LogP) is 3.36. The van der Waals surface area contributed by atoms with Crippen LogP contribution in [0.2, 0.25) is 0 Å². The van der Waals surface area contributed by atoms with Gasteiger partial charge in [-0.25, -0.2) is 4.98 Å². The minimum atomic E-state index is -0.0414. The summed E-state index contributed by atoms with van der Waals surface area (Å²) in [6, 6.07) is 5.93. The second-order valence-electron chi connectivity index (χ2n) is 3.12. The summed E-state index contributed by atoms with van der Waals surface area (Å²) >= 11 is 4.92. The van der Waals surface area contributed by atoms with Crippen molar-refractivity contribution in [2.45, 2.75) is 12.8 Å². The second kappa shape index (κ2) is 3.79. The summed E-state index contributed by atoms with van der Waals surface area (Å²) < 4.78 is 1.99. The summed E-state index contributed by atoms with van der Waals surface area (Å²) in [4.78, 5) is 14.9. The molecule has 14 heavy (non-hydrogen) atoms. The molecule has 2 aromatic rings. The van der Waals surface area contributed by atoms with Gasteiger partial charge in [-0.15, -0.1) is 11.3 Å². The Morgan fingerprint density at radius 1 is 1.57 bits per heavy atom. The molecule has 0 radical (unpaired) electrons. The van der Waals surface area contributed by atoms with Crippen molar-refractivity contribution in [3.05, 3.63) is 27.7 Å². The molecule has 0 aliphatic heterocycles. The lowest BCUT2D eigenvalue weighted by Crippen LogP contribution is -1.92. The van der Waals surface area contributed by atoms with E-state index in [-0.39, 0.29) is 5.92 Å². The van der Waals surface area contributed by atoms with Gasteiger partial charge < -0.3 is 4.79 Å². The molecule has 4 heteroatoms. The van der Waals surface area contributed by atoms with Crippen LogP contribution in [-0.4, -0.2) is 11.3 Å². The first kappa shape index (κ1) is 9.80.